The highest BCUT2D eigenvalue weighted by atomic mass is 16.5. The van der Waals surface area contributed by atoms with Crippen molar-refractivity contribution < 1.29 is 19.0 Å². The number of aromatic nitrogens is 3. The largest absolute Gasteiger partial charge is 0.493 e. The van der Waals surface area contributed by atoms with Crippen LogP contribution < -0.4 is 19.5 Å². The third-order valence-electron chi connectivity index (χ3n) is 3.74. The molecular formula is C17H18N4O4. The first-order valence-corrected chi connectivity index (χ1v) is 7.45. The van der Waals surface area contributed by atoms with Gasteiger partial charge in [0.25, 0.3) is 5.91 Å². The molecule has 0 aliphatic rings. The van der Waals surface area contributed by atoms with Gasteiger partial charge in [-0.3, -0.25) is 4.79 Å². The number of imidazole rings is 1. The van der Waals surface area contributed by atoms with Crippen LogP contribution in [0.2, 0.25) is 0 Å². The van der Waals surface area contributed by atoms with E-state index in [2.05, 4.69) is 15.3 Å². The quantitative estimate of drug-likeness (QED) is 0.765. The fourth-order valence-electron chi connectivity index (χ4n) is 2.50. The van der Waals surface area contributed by atoms with Crippen LogP contribution in [0.5, 0.6) is 17.2 Å². The Kier molecular flexibility index (Phi) is 4.42. The van der Waals surface area contributed by atoms with Gasteiger partial charge in [-0.2, -0.15) is 0 Å². The van der Waals surface area contributed by atoms with E-state index in [0.29, 0.717) is 39.7 Å². The number of nitrogens with zero attached hydrogens (tertiary/aromatic N) is 3. The molecule has 8 nitrogen and oxygen atoms in total. The third kappa shape index (κ3) is 3.06. The Bertz CT molecular complexity index is 911. The van der Waals surface area contributed by atoms with E-state index in [0.717, 1.165) is 0 Å². The summed E-state index contributed by atoms with van der Waals surface area (Å²) in [5, 5.41) is 2.80. The zero-order valence-corrected chi connectivity index (χ0v) is 14.4. The van der Waals surface area contributed by atoms with Crippen molar-refractivity contribution in [2.45, 2.75) is 0 Å². The molecule has 2 heterocycles. The normalized spacial score (nSPS) is 10.6. The molecule has 0 aliphatic carbocycles. The molecule has 3 aromatic rings. The summed E-state index contributed by atoms with van der Waals surface area (Å²) in [7, 11) is 6.40. The summed E-state index contributed by atoms with van der Waals surface area (Å²) in [5.74, 6) is 1.06. The molecule has 0 bridgehead atoms. The lowest BCUT2D eigenvalue weighted by Crippen LogP contribution is -2.12. The first-order valence-electron chi connectivity index (χ1n) is 7.45. The smallest absolute Gasteiger partial charge is 0.257 e. The maximum atomic E-state index is 12.5. The van der Waals surface area contributed by atoms with Crippen molar-refractivity contribution in [1.82, 2.24) is 14.5 Å². The minimum absolute atomic E-state index is 0.311. The van der Waals surface area contributed by atoms with Crippen molar-refractivity contribution >= 4 is 22.8 Å². The van der Waals surface area contributed by atoms with Crippen molar-refractivity contribution in [3.63, 3.8) is 0 Å². The van der Waals surface area contributed by atoms with E-state index >= 15 is 0 Å². The number of carbonyl (C=O) groups is 1. The number of aryl methyl sites for hydroxylation is 1. The Balaban J connectivity index is 1.91. The molecule has 1 N–H and O–H groups in total. The molecule has 3 rings (SSSR count). The monoisotopic (exact) mass is 342 g/mol. The number of hydrogen-bond donors (Lipinski definition) is 1. The minimum atomic E-state index is -0.311. The predicted octanol–water partition coefficient (Wildman–Crippen LogP) is 2.25. The first-order chi connectivity index (χ1) is 12.1. The Hall–Kier alpha value is -3.29. The third-order valence-corrected chi connectivity index (χ3v) is 3.74. The summed E-state index contributed by atoms with van der Waals surface area (Å²) in [6.07, 6.45) is 3.16. The summed E-state index contributed by atoms with van der Waals surface area (Å²) >= 11 is 0. The molecule has 2 aromatic heterocycles. The first kappa shape index (κ1) is 16.6. The molecule has 0 saturated heterocycles. The number of amides is 1. The van der Waals surface area contributed by atoms with E-state index in [4.69, 9.17) is 14.2 Å². The standard InChI is InChI=1S/C17H18N4O4/c1-21-9-19-12-5-10(8-18-16(12)21)17(22)20-11-6-13(23-2)15(25-4)14(7-11)24-3/h5-9H,1-4H3,(H,20,22). The second kappa shape index (κ2) is 6.68. The molecule has 0 aliphatic heterocycles. The van der Waals surface area contributed by atoms with E-state index in [1.807, 2.05) is 7.05 Å². The molecule has 0 atom stereocenters. The highest BCUT2D eigenvalue weighted by Gasteiger charge is 2.16. The maximum Gasteiger partial charge on any atom is 0.257 e. The van der Waals surface area contributed by atoms with Crippen LogP contribution in [-0.4, -0.2) is 41.8 Å². The molecule has 0 radical (unpaired) electrons. The van der Waals surface area contributed by atoms with Crippen LogP contribution in [-0.2, 0) is 7.05 Å². The van der Waals surface area contributed by atoms with Gasteiger partial charge < -0.3 is 24.1 Å². The average Bonchev–Trinajstić information content (AvgIpc) is 3.01. The average molecular weight is 342 g/mol. The highest BCUT2D eigenvalue weighted by Crippen LogP contribution is 2.40. The number of methoxy groups -OCH3 is 3. The van der Waals surface area contributed by atoms with Gasteiger partial charge in [0.05, 0.1) is 33.2 Å². The van der Waals surface area contributed by atoms with Gasteiger partial charge in [-0.25, -0.2) is 9.97 Å². The molecule has 0 fully saturated rings. The lowest BCUT2D eigenvalue weighted by atomic mass is 10.2. The number of benzene rings is 1. The SMILES string of the molecule is COc1cc(NC(=O)c2cnc3c(c2)ncn3C)cc(OC)c1OC. The molecule has 0 unspecified atom stereocenters. The zero-order valence-electron chi connectivity index (χ0n) is 14.4. The Morgan fingerprint density at radius 3 is 2.32 bits per heavy atom. The minimum Gasteiger partial charge on any atom is -0.493 e. The van der Waals surface area contributed by atoms with Gasteiger partial charge in [0.15, 0.2) is 17.1 Å². The van der Waals surface area contributed by atoms with Crippen molar-refractivity contribution in [3.8, 4) is 17.2 Å². The fourth-order valence-corrected chi connectivity index (χ4v) is 2.50. The summed E-state index contributed by atoms with van der Waals surface area (Å²) in [4.78, 5) is 21.0. The van der Waals surface area contributed by atoms with Crippen LogP contribution in [0.25, 0.3) is 11.2 Å². The van der Waals surface area contributed by atoms with E-state index in [1.165, 1.54) is 27.5 Å². The molecule has 0 saturated carbocycles. The van der Waals surface area contributed by atoms with Gasteiger partial charge in [0.1, 0.15) is 5.52 Å². The zero-order chi connectivity index (χ0) is 18.0. The van der Waals surface area contributed by atoms with Crippen LogP contribution in [0.4, 0.5) is 5.69 Å². The van der Waals surface area contributed by atoms with Crippen LogP contribution in [0.1, 0.15) is 10.4 Å². The second-order valence-corrected chi connectivity index (χ2v) is 5.29. The highest BCUT2D eigenvalue weighted by molar-refractivity contribution is 6.05. The summed E-state index contributed by atoms with van der Waals surface area (Å²) < 4.78 is 17.6. The second-order valence-electron chi connectivity index (χ2n) is 5.29. The molecule has 1 aromatic carbocycles. The van der Waals surface area contributed by atoms with Crippen LogP contribution in [0.3, 0.4) is 0 Å². The molecule has 8 heteroatoms. The van der Waals surface area contributed by atoms with Crippen molar-refractivity contribution in [3.05, 3.63) is 36.3 Å². The molecule has 130 valence electrons. The number of hydrogen-bond acceptors (Lipinski definition) is 6. The summed E-state index contributed by atoms with van der Waals surface area (Å²) in [6.45, 7) is 0. The van der Waals surface area contributed by atoms with Crippen LogP contribution in [0, 0.1) is 0 Å². The fraction of sp³-hybridized carbons (Fsp3) is 0.235. The van der Waals surface area contributed by atoms with E-state index in [-0.39, 0.29) is 5.91 Å². The number of ether oxygens (including phenoxy) is 3. The van der Waals surface area contributed by atoms with E-state index in [1.54, 1.807) is 29.1 Å². The molecule has 0 spiro atoms. The van der Waals surface area contributed by atoms with Crippen LogP contribution >= 0.6 is 0 Å². The van der Waals surface area contributed by atoms with Gasteiger partial charge in [-0.15, -0.1) is 0 Å². The number of pyridine rings is 1. The van der Waals surface area contributed by atoms with E-state index < -0.39 is 0 Å². The number of carbonyl (C=O) groups excluding carboxylic acids is 1. The number of anilines is 1. The summed E-state index contributed by atoms with van der Waals surface area (Å²) in [5.41, 5.74) is 2.28. The van der Waals surface area contributed by atoms with Crippen molar-refractivity contribution in [1.29, 1.82) is 0 Å². The van der Waals surface area contributed by atoms with Crippen LogP contribution in [0.15, 0.2) is 30.7 Å². The summed E-state index contributed by atoms with van der Waals surface area (Å²) in [6, 6.07) is 5.01. The number of fused-ring (bicyclic) bond motifs is 1. The molecule has 25 heavy (non-hydrogen) atoms. The van der Waals surface area contributed by atoms with Gasteiger partial charge in [0, 0.05) is 31.1 Å². The maximum absolute atomic E-state index is 12.5. The van der Waals surface area contributed by atoms with Gasteiger partial charge in [-0.1, -0.05) is 0 Å². The van der Waals surface area contributed by atoms with Gasteiger partial charge in [0.2, 0.25) is 5.75 Å². The topological polar surface area (TPSA) is 87.5 Å². The number of rotatable bonds is 5. The van der Waals surface area contributed by atoms with Crippen molar-refractivity contribution in [2.24, 2.45) is 7.05 Å². The van der Waals surface area contributed by atoms with E-state index in [9.17, 15) is 4.79 Å². The molecular weight excluding hydrogens is 324 g/mol. The lowest BCUT2D eigenvalue weighted by molar-refractivity contribution is 0.102. The Labute approximate surface area is 144 Å². The Morgan fingerprint density at radius 2 is 1.72 bits per heavy atom. The predicted molar refractivity (Wildman–Crippen MR) is 92.6 cm³/mol. The Morgan fingerprint density at radius 1 is 1.04 bits per heavy atom. The lowest BCUT2D eigenvalue weighted by Gasteiger charge is -2.14. The molecule has 1 amide bonds. The van der Waals surface area contributed by atoms with Gasteiger partial charge >= 0.3 is 0 Å². The van der Waals surface area contributed by atoms with Crippen molar-refractivity contribution in [2.75, 3.05) is 26.6 Å². The number of nitrogens with one attached hydrogen (secondary N) is 1. The van der Waals surface area contributed by atoms with Gasteiger partial charge in [-0.05, 0) is 6.07 Å².